The van der Waals surface area contributed by atoms with Gasteiger partial charge in [0.25, 0.3) is 0 Å². The molecule has 0 amide bonds. The fraction of sp³-hybridized carbons (Fsp3) is 0.125. The van der Waals surface area contributed by atoms with Crippen LogP contribution in [0.25, 0.3) is 0 Å². The van der Waals surface area contributed by atoms with Gasteiger partial charge in [-0.05, 0) is 5.56 Å². The Morgan fingerprint density at radius 3 is 2.55 bits per heavy atom. The van der Waals surface area contributed by atoms with E-state index in [2.05, 4.69) is 5.16 Å². The molecule has 0 aliphatic heterocycles. The van der Waals surface area contributed by atoms with Crippen molar-refractivity contribution in [1.82, 2.24) is 0 Å². The van der Waals surface area contributed by atoms with Gasteiger partial charge < -0.3 is 10.9 Å². The summed E-state index contributed by atoms with van der Waals surface area (Å²) in [4.78, 5) is 0. The molecule has 1 unspecified atom stereocenters. The smallest absolute Gasteiger partial charge is 0.0689 e. The van der Waals surface area contributed by atoms with Gasteiger partial charge in [0.1, 0.15) is 0 Å². The Morgan fingerprint density at radius 1 is 1.36 bits per heavy atom. The summed E-state index contributed by atoms with van der Waals surface area (Å²) < 4.78 is 0. The Hall–Kier alpha value is -1.35. The molecule has 1 aromatic carbocycles. The molecule has 0 radical (unpaired) electrons. The molecular formula is C8H10N2O. The molecule has 3 heteroatoms. The minimum Gasteiger partial charge on any atom is -0.411 e. The molecule has 0 aromatic heterocycles. The molecule has 0 spiro atoms. The quantitative estimate of drug-likeness (QED) is 0.377. The number of hydrogen-bond acceptors (Lipinski definition) is 3. The summed E-state index contributed by atoms with van der Waals surface area (Å²) in [6.45, 7) is 0. The highest BCUT2D eigenvalue weighted by atomic mass is 16.4. The maximum atomic E-state index is 8.19. The Labute approximate surface area is 65.1 Å². The van der Waals surface area contributed by atoms with Crippen LogP contribution < -0.4 is 5.73 Å². The molecule has 0 aliphatic rings. The molecule has 1 rings (SSSR count). The van der Waals surface area contributed by atoms with E-state index in [1.165, 1.54) is 6.21 Å². The van der Waals surface area contributed by atoms with Crippen molar-refractivity contribution in [1.29, 1.82) is 0 Å². The first-order valence-electron chi connectivity index (χ1n) is 3.32. The second kappa shape index (κ2) is 3.73. The van der Waals surface area contributed by atoms with Crippen LogP contribution in [0, 0.1) is 0 Å². The van der Waals surface area contributed by atoms with Gasteiger partial charge in [-0.25, -0.2) is 0 Å². The van der Waals surface area contributed by atoms with Crippen LogP contribution in [0.1, 0.15) is 11.6 Å². The molecule has 3 nitrogen and oxygen atoms in total. The van der Waals surface area contributed by atoms with Crippen molar-refractivity contribution in [2.24, 2.45) is 10.9 Å². The topological polar surface area (TPSA) is 58.6 Å². The van der Waals surface area contributed by atoms with Crippen molar-refractivity contribution in [3.8, 4) is 0 Å². The summed E-state index contributed by atoms with van der Waals surface area (Å²) >= 11 is 0. The third-order valence-electron chi connectivity index (χ3n) is 1.41. The van der Waals surface area contributed by atoms with E-state index in [9.17, 15) is 0 Å². The van der Waals surface area contributed by atoms with Crippen molar-refractivity contribution >= 4 is 6.21 Å². The second-order valence-electron chi connectivity index (χ2n) is 2.20. The molecule has 0 saturated carbocycles. The van der Waals surface area contributed by atoms with Gasteiger partial charge in [0, 0.05) is 0 Å². The van der Waals surface area contributed by atoms with Gasteiger partial charge >= 0.3 is 0 Å². The zero-order valence-corrected chi connectivity index (χ0v) is 6.01. The van der Waals surface area contributed by atoms with Gasteiger partial charge in [-0.2, -0.15) is 0 Å². The lowest BCUT2D eigenvalue weighted by molar-refractivity contribution is 0.320. The maximum Gasteiger partial charge on any atom is 0.0689 e. The molecule has 3 N–H and O–H groups in total. The van der Waals surface area contributed by atoms with Crippen molar-refractivity contribution in [2.45, 2.75) is 6.04 Å². The Bertz CT molecular complexity index is 233. The molecule has 1 atom stereocenters. The molecule has 0 fully saturated rings. The van der Waals surface area contributed by atoms with Gasteiger partial charge in [0.2, 0.25) is 0 Å². The van der Waals surface area contributed by atoms with E-state index in [0.717, 1.165) is 5.56 Å². The number of hydrogen-bond donors (Lipinski definition) is 2. The zero-order chi connectivity index (χ0) is 8.10. The Morgan fingerprint density at radius 2 is 2.00 bits per heavy atom. The fourth-order valence-corrected chi connectivity index (χ4v) is 0.833. The first kappa shape index (κ1) is 7.75. The summed E-state index contributed by atoms with van der Waals surface area (Å²) in [6.07, 6.45) is 1.29. The Kier molecular flexibility index (Phi) is 2.63. The Balaban J connectivity index is 2.76. The lowest BCUT2D eigenvalue weighted by Crippen LogP contribution is -2.10. The van der Waals surface area contributed by atoms with E-state index in [1.807, 2.05) is 30.3 Å². The van der Waals surface area contributed by atoms with Crippen LogP contribution in [0.3, 0.4) is 0 Å². The number of rotatable bonds is 2. The third kappa shape index (κ3) is 2.05. The summed E-state index contributed by atoms with van der Waals surface area (Å²) in [5, 5.41) is 11.0. The van der Waals surface area contributed by atoms with Crippen LogP contribution in [0.2, 0.25) is 0 Å². The van der Waals surface area contributed by atoms with Gasteiger partial charge in [0.15, 0.2) is 0 Å². The molecule has 0 heterocycles. The molecule has 58 valence electrons. The SMILES string of the molecule is NC(/C=N/O)c1ccccc1. The molecular weight excluding hydrogens is 140 g/mol. The highest BCUT2D eigenvalue weighted by molar-refractivity contribution is 5.65. The first-order valence-corrected chi connectivity index (χ1v) is 3.32. The summed E-state index contributed by atoms with van der Waals surface area (Å²) in [6, 6.07) is 9.13. The summed E-state index contributed by atoms with van der Waals surface area (Å²) in [5.74, 6) is 0. The lowest BCUT2D eigenvalue weighted by atomic mass is 10.1. The van der Waals surface area contributed by atoms with E-state index >= 15 is 0 Å². The monoisotopic (exact) mass is 150 g/mol. The van der Waals surface area contributed by atoms with Gasteiger partial charge in [-0.3, -0.25) is 0 Å². The van der Waals surface area contributed by atoms with E-state index < -0.39 is 0 Å². The van der Waals surface area contributed by atoms with Gasteiger partial charge in [-0.1, -0.05) is 30.3 Å². The largest absolute Gasteiger partial charge is 0.411 e. The normalized spacial score (nSPS) is 13.5. The zero-order valence-electron chi connectivity index (χ0n) is 6.01. The highest BCUT2D eigenvalue weighted by Gasteiger charge is 1.99. The standard InChI is InChI=1S/C8H10N2O/c9-8(6-10-11)7-4-2-1-3-5-7/h1-6,8,11H,9H2/b10-6+. The molecule has 0 bridgehead atoms. The van der Waals surface area contributed by atoms with Crippen LogP contribution in [-0.4, -0.2) is 11.4 Å². The minimum absolute atomic E-state index is 0.318. The molecule has 11 heavy (non-hydrogen) atoms. The average Bonchev–Trinajstić information content (AvgIpc) is 2.07. The van der Waals surface area contributed by atoms with Crippen LogP contribution >= 0.6 is 0 Å². The van der Waals surface area contributed by atoms with Crippen molar-refractivity contribution < 1.29 is 5.21 Å². The summed E-state index contributed by atoms with van der Waals surface area (Å²) in [5.41, 5.74) is 6.53. The van der Waals surface area contributed by atoms with Crippen LogP contribution in [0.4, 0.5) is 0 Å². The predicted octanol–water partition coefficient (Wildman–Crippen LogP) is 1.15. The second-order valence-corrected chi connectivity index (χ2v) is 2.20. The number of nitrogens with two attached hydrogens (primary N) is 1. The van der Waals surface area contributed by atoms with Crippen molar-refractivity contribution in [3.63, 3.8) is 0 Å². The van der Waals surface area contributed by atoms with Crippen LogP contribution in [-0.2, 0) is 0 Å². The summed E-state index contributed by atoms with van der Waals surface area (Å²) in [7, 11) is 0. The number of oxime groups is 1. The predicted molar refractivity (Wildman–Crippen MR) is 43.6 cm³/mol. The van der Waals surface area contributed by atoms with Gasteiger partial charge in [-0.15, -0.1) is 5.16 Å². The number of benzene rings is 1. The van der Waals surface area contributed by atoms with Crippen LogP contribution in [0.15, 0.2) is 35.5 Å². The lowest BCUT2D eigenvalue weighted by Gasteiger charge is -2.03. The van der Waals surface area contributed by atoms with Gasteiger partial charge in [0.05, 0.1) is 12.3 Å². The minimum atomic E-state index is -0.318. The fourth-order valence-electron chi connectivity index (χ4n) is 0.833. The first-order chi connectivity index (χ1) is 5.34. The van der Waals surface area contributed by atoms with E-state index in [1.54, 1.807) is 0 Å². The van der Waals surface area contributed by atoms with E-state index in [-0.39, 0.29) is 6.04 Å². The molecule has 0 aliphatic carbocycles. The molecule has 1 aromatic rings. The highest BCUT2D eigenvalue weighted by Crippen LogP contribution is 2.05. The maximum absolute atomic E-state index is 8.19. The third-order valence-corrected chi connectivity index (χ3v) is 1.41. The van der Waals surface area contributed by atoms with Crippen molar-refractivity contribution in [2.75, 3.05) is 0 Å². The van der Waals surface area contributed by atoms with E-state index in [0.29, 0.717) is 0 Å². The molecule has 0 saturated heterocycles. The average molecular weight is 150 g/mol. The van der Waals surface area contributed by atoms with E-state index in [4.69, 9.17) is 10.9 Å². The van der Waals surface area contributed by atoms with Crippen molar-refractivity contribution in [3.05, 3.63) is 35.9 Å². The number of nitrogens with zero attached hydrogens (tertiary/aromatic N) is 1. The van der Waals surface area contributed by atoms with Crippen LogP contribution in [0.5, 0.6) is 0 Å².